The Morgan fingerprint density at radius 3 is 2.46 bits per heavy atom. The number of hydrogen-bond acceptors (Lipinski definition) is 4. The van der Waals surface area contributed by atoms with Gasteiger partial charge in [0, 0.05) is 24.8 Å². The van der Waals surface area contributed by atoms with Crippen LogP contribution >= 0.6 is 0 Å². The number of ether oxygens (including phenoxy) is 1. The van der Waals surface area contributed by atoms with Gasteiger partial charge in [-0.25, -0.2) is 0 Å². The fourth-order valence-electron chi connectivity index (χ4n) is 2.66. The van der Waals surface area contributed by atoms with Crippen LogP contribution in [-0.4, -0.2) is 41.9 Å². The topological polar surface area (TPSA) is 71.5 Å². The predicted molar refractivity (Wildman–Crippen MR) is 102 cm³/mol. The van der Waals surface area contributed by atoms with E-state index in [1.54, 1.807) is 36.3 Å². The van der Waals surface area contributed by atoms with Crippen molar-refractivity contribution in [1.82, 2.24) is 9.88 Å². The van der Waals surface area contributed by atoms with E-state index >= 15 is 0 Å². The molecule has 0 aliphatic carbocycles. The van der Waals surface area contributed by atoms with Gasteiger partial charge in [-0.15, -0.1) is 0 Å². The van der Waals surface area contributed by atoms with Gasteiger partial charge in [-0.1, -0.05) is 26.0 Å². The van der Waals surface area contributed by atoms with Gasteiger partial charge in [0.25, 0.3) is 11.8 Å². The molecule has 0 aliphatic heterocycles. The number of nitrogens with zero attached hydrogens (tertiary/aromatic N) is 2. The van der Waals surface area contributed by atoms with Gasteiger partial charge < -0.3 is 15.0 Å². The highest BCUT2D eigenvalue weighted by Crippen LogP contribution is 2.23. The molecule has 6 nitrogen and oxygen atoms in total. The van der Waals surface area contributed by atoms with E-state index in [1.165, 1.54) is 12.3 Å². The number of rotatable bonds is 8. The number of carbonyl (C=O) groups is 2. The number of carbonyl (C=O) groups excluding carboxylic acids is 2. The molecule has 0 radical (unpaired) electrons. The maximum Gasteiger partial charge on any atom is 0.274 e. The smallest absolute Gasteiger partial charge is 0.274 e. The predicted octanol–water partition coefficient (Wildman–Crippen LogP) is 3.60. The van der Waals surface area contributed by atoms with Crippen molar-refractivity contribution in [3.63, 3.8) is 0 Å². The van der Waals surface area contributed by atoms with Crippen molar-refractivity contribution in [3.05, 3.63) is 53.9 Å². The van der Waals surface area contributed by atoms with Crippen LogP contribution in [0.2, 0.25) is 0 Å². The molecule has 2 amide bonds. The third-order valence-corrected chi connectivity index (χ3v) is 3.87. The van der Waals surface area contributed by atoms with Gasteiger partial charge in [-0.05, 0) is 37.1 Å². The molecule has 138 valence electrons. The maximum absolute atomic E-state index is 12.7. The highest BCUT2D eigenvalue weighted by molar-refractivity contribution is 6.05. The van der Waals surface area contributed by atoms with E-state index in [-0.39, 0.29) is 17.5 Å². The molecule has 1 aromatic carbocycles. The number of hydrogen-bond donors (Lipinski definition) is 1. The number of amides is 2. The molecule has 0 saturated carbocycles. The minimum absolute atomic E-state index is 0.0811. The summed E-state index contributed by atoms with van der Waals surface area (Å²) >= 11 is 0. The molecular weight excluding hydrogens is 330 g/mol. The van der Waals surface area contributed by atoms with E-state index in [4.69, 9.17) is 4.74 Å². The molecule has 1 heterocycles. The first kappa shape index (κ1) is 19.4. The third-order valence-electron chi connectivity index (χ3n) is 3.87. The van der Waals surface area contributed by atoms with Crippen molar-refractivity contribution >= 4 is 17.5 Å². The Bertz CT molecular complexity index is 755. The molecule has 0 spiro atoms. The van der Waals surface area contributed by atoms with Crippen LogP contribution < -0.4 is 10.1 Å². The summed E-state index contributed by atoms with van der Waals surface area (Å²) in [5.74, 6) is 0.0919. The average Bonchev–Trinajstić information content (AvgIpc) is 2.67. The Hall–Kier alpha value is -2.89. The molecule has 0 aliphatic rings. The Morgan fingerprint density at radius 1 is 1.12 bits per heavy atom. The number of benzene rings is 1. The van der Waals surface area contributed by atoms with Crippen LogP contribution in [-0.2, 0) is 0 Å². The summed E-state index contributed by atoms with van der Waals surface area (Å²) in [7, 11) is 1.54. The van der Waals surface area contributed by atoms with Crippen LogP contribution in [0.4, 0.5) is 5.69 Å². The molecule has 1 N–H and O–H groups in total. The highest BCUT2D eigenvalue weighted by Gasteiger charge is 2.17. The van der Waals surface area contributed by atoms with Crippen molar-refractivity contribution in [1.29, 1.82) is 0 Å². The van der Waals surface area contributed by atoms with E-state index in [9.17, 15) is 9.59 Å². The van der Waals surface area contributed by atoms with Crippen LogP contribution in [0.25, 0.3) is 0 Å². The first-order valence-electron chi connectivity index (χ1n) is 8.80. The summed E-state index contributed by atoms with van der Waals surface area (Å²) in [6.07, 6.45) is 3.26. The highest BCUT2D eigenvalue weighted by atomic mass is 16.5. The zero-order valence-electron chi connectivity index (χ0n) is 15.5. The molecule has 0 atom stereocenters. The quantitative estimate of drug-likeness (QED) is 0.785. The molecule has 0 unspecified atom stereocenters. The molecule has 2 rings (SSSR count). The summed E-state index contributed by atoms with van der Waals surface area (Å²) < 4.78 is 5.23. The van der Waals surface area contributed by atoms with Gasteiger partial charge in [0.1, 0.15) is 11.4 Å². The summed E-state index contributed by atoms with van der Waals surface area (Å²) in [6.45, 7) is 5.46. The fourth-order valence-corrected chi connectivity index (χ4v) is 2.66. The number of nitrogens with one attached hydrogen (secondary N) is 1. The largest absolute Gasteiger partial charge is 0.495 e. The van der Waals surface area contributed by atoms with Crippen molar-refractivity contribution in [3.8, 4) is 5.75 Å². The van der Waals surface area contributed by atoms with E-state index in [1.807, 2.05) is 19.9 Å². The van der Waals surface area contributed by atoms with E-state index in [0.717, 1.165) is 12.8 Å². The van der Waals surface area contributed by atoms with Crippen LogP contribution in [0.15, 0.2) is 42.6 Å². The van der Waals surface area contributed by atoms with Gasteiger partial charge in [-0.3, -0.25) is 14.6 Å². The number of aromatic nitrogens is 1. The summed E-state index contributed by atoms with van der Waals surface area (Å²) in [4.78, 5) is 31.1. The normalized spacial score (nSPS) is 10.3. The SMILES string of the molecule is CCCN(CCC)C(=O)c1ccnc(C(=O)Nc2ccccc2OC)c1. The van der Waals surface area contributed by atoms with Crippen LogP contribution in [0.5, 0.6) is 5.75 Å². The summed E-state index contributed by atoms with van der Waals surface area (Å²) in [6, 6.07) is 10.3. The Balaban J connectivity index is 2.19. The number of para-hydroxylation sites is 2. The average molecular weight is 355 g/mol. The summed E-state index contributed by atoms with van der Waals surface area (Å²) in [5, 5.41) is 2.77. The van der Waals surface area contributed by atoms with Crippen molar-refractivity contribution in [2.24, 2.45) is 0 Å². The zero-order chi connectivity index (χ0) is 18.9. The van der Waals surface area contributed by atoms with Crippen molar-refractivity contribution in [2.75, 3.05) is 25.5 Å². The second-order valence-electron chi connectivity index (χ2n) is 5.88. The van der Waals surface area contributed by atoms with Gasteiger partial charge in [0.15, 0.2) is 0 Å². The molecular formula is C20H25N3O3. The Labute approximate surface area is 154 Å². The van der Waals surface area contributed by atoms with Gasteiger partial charge in [0.2, 0.25) is 0 Å². The van der Waals surface area contributed by atoms with E-state index in [0.29, 0.717) is 30.1 Å². The second-order valence-corrected chi connectivity index (χ2v) is 5.88. The molecule has 2 aromatic rings. The first-order valence-corrected chi connectivity index (χ1v) is 8.80. The lowest BCUT2D eigenvalue weighted by molar-refractivity contribution is 0.0755. The minimum atomic E-state index is -0.387. The summed E-state index contributed by atoms with van der Waals surface area (Å²) in [5.41, 5.74) is 1.21. The number of methoxy groups -OCH3 is 1. The van der Waals surface area contributed by atoms with E-state index in [2.05, 4.69) is 10.3 Å². The standard InChI is InChI=1S/C20H25N3O3/c1-4-12-23(13-5-2)20(25)15-10-11-21-17(14-15)19(24)22-16-8-6-7-9-18(16)26-3/h6-11,14H,4-5,12-13H2,1-3H3,(H,22,24). The second kappa shape index (κ2) is 9.56. The fraction of sp³-hybridized carbons (Fsp3) is 0.350. The zero-order valence-corrected chi connectivity index (χ0v) is 15.5. The van der Waals surface area contributed by atoms with Gasteiger partial charge in [-0.2, -0.15) is 0 Å². The maximum atomic E-state index is 12.7. The molecule has 0 saturated heterocycles. The number of pyridine rings is 1. The lowest BCUT2D eigenvalue weighted by atomic mass is 10.1. The Kier molecular flexibility index (Phi) is 7.14. The van der Waals surface area contributed by atoms with Crippen LogP contribution in [0.1, 0.15) is 47.5 Å². The van der Waals surface area contributed by atoms with Gasteiger partial charge in [0.05, 0.1) is 12.8 Å². The van der Waals surface area contributed by atoms with Crippen molar-refractivity contribution < 1.29 is 14.3 Å². The van der Waals surface area contributed by atoms with Crippen LogP contribution in [0, 0.1) is 0 Å². The van der Waals surface area contributed by atoms with E-state index < -0.39 is 0 Å². The molecule has 26 heavy (non-hydrogen) atoms. The minimum Gasteiger partial charge on any atom is -0.495 e. The molecule has 1 aromatic heterocycles. The van der Waals surface area contributed by atoms with Gasteiger partial charge >= 0.3 is 0 Å². The first-order chi connectivity index (χ1) is 12.6. The lowest BCUT2D eigenvalue weighted by Crippen LogP contribution is -2.32. The molecule has 0 bridgehead atoms. The molecule has 6 heteroatoms. The lowest BCUT2D eigenvalue weighted by Gasteiger charge is -2.21. The number of anilines is 1. The van der Waals surface area contributed by atoms with Crippen LogP contribution in [0.3, 0.4) is 0 Å². The Morgan fingerprint density at radius 2 is 1.81 bits per heavy atom. The third kappa shape index (κ3) is 4.81. The monoisotopic (exact) mass is 355 g/mol. The van der Waals surface area contributed by atoms with Crippen molar-refractivity contribution in [2.45, 2.75) is 26.7 Å². The molecule has 0 fully saturated rings.